The van der Waals surface area contributed by atoms with Crippen LogP contribution in [0.3, 0.4) is 0 Å². The van der Waals surface area contributed by atoms with Gasteiger partial charge in [0.1, 0.15) is 15.4 Å². The van der Waals surface area contributed by atoms with Gasteiger partial charge in [-0.2, -0.15) is 0 Å². The average molecular weight is 600 g/mol. The highest BCUT2D eigenvalue weighted by molar-refractivity contribution is 7.95. The van der Waals surface area contributed by atoms with Crippen molar-refractivity contribution in [2.75, 3.05) is 7.11 Å². The highest BCUT2D eigenvalue weighted by atomic mass is 35.5. The maximum absolute atomic E-state index is 14.1. The number of rotatable bonds is 5. The molecule has 198 valence electrons. The second-order valence-corrected chi connectivity index (χ2v) is 12.3. The molecule has 1 atom stereocenters. The molecule has 1 unspecified atom stereocenters. The van der Waals surface area contributed by atoms with E-state index in [1.54, 1.807) is 72.8 Å². The Balaban J connectivity index is 1.96. The molecule has 0 saturated carbocycles. The summed E-state index contributed by atoms with van der Waals surface area (Å²) in [7, 11) is -3.16. The first-order valence-electron chi connectivity index (χ1n) is 11.5. The predicted molar refractivity (Wildman–Crippen MR) is 153 cm³/mol. The van der Waals surface area contributed by atoms with Crippen LogP contribution in [0, 0.1) is 0 Å². The van der Waals surface area contributed by atoms with Gasteiger partial charge in [0.25, 0.3) is 5.56 Å². The van der Waals surface area contributed by atoms with Crippen molar-refractivity contribution in [3.63, 3.8) is 0 Å². The van der Waals surface area contributed by atoms with Gasteiger partial charge in [-0.05, 0) is 41.5 Å². The fraction of sp³-hybridized carbons (Fsp3) is 0.0714. The van der Waals surface area contributed by atoms with E-state index in [0.29, 0.717) is 16.1 Å². The monoisotopic (exact) mass is 598 g/mol. The fourth-order valence-electron chi connectivity index (χ4n) is 4.47. The largest absolute Gasteiger partial charge is 0.466 e. The van der Waals surface area contributed by atoms with Crippen LogP contribution in [0.4, 0.5) is 0 Å². The fourth-order valence-corrected chi connectivity index (χ4v) is 7.75. The summed E-state index contributed by atoms with van der Waals surface area (Å²) in [5, 5.41) is 0.628. The second-order valence-electron chi connectivity index (χ2n) is 8.50. The number of methoxy groups -OCH3 is 1. The zero-order chi connectivity index (χ0) is 27.9. The number of nitrogens with two attached hydrogens (primary N) is 1. The number of allylic oxidation sites excluding steroid dienone is 1. The van der Waals surface area contributed by atoms with E-state index >= 15 is 0 Å². The molecular formula is C28H20Cl2N2O5S2. The topological polar surface area (TPSA) is 108 Å². The van der Waals surface area contributed by atoms with Crippen molar-refractivity contribution < 1.29 is 17.9 Å². The number of esters is 1. The Morgan fingerprint density at radius 2 is 1.59 bits per heavy atom. The zero-order valence-corrected chi connectivity index (χ0v) is 23.4. The van der Waals surface area contributed by atoms with E-state index in [0.717, 1.165) is 15.9 Å². The van der Waals surface area contributed by atoms with Gasteiger partial charge in [0, 0.05) is 10.0 Å². The van der Waals surface area contributed by atoms with Crippen LogP contribution < -0.4 is 20.5 Å². The molecule has 0 amide bonds. The molecule has 0 aliphatic carbocycles. The summed E-state index contributed by atoms with van der Waals surface area (Å²) in [6.45, 7) is 0. The van der Waals surface area contributed by atoms with Crippen molar-refractivity contribution in [2.24, 2.45) is 5.73 Å². The third-order valence-corrected chi connectivity index (χ3v) is 9.97. The number of aromatic nitrogens is 1. The molecule has 7 nitrogen and oxygen atoms in total. The molecule has 0 fully saturated rings. The Morgan fingerprint density at radius 3 is 2.23 bits per heavy atom. The van der Waals surface area contributed by atoms with Crippen molar-refractivity contribution in [1.29, 1.82) is 0 Å². The maximum Gasteiger partial charge on any atom is 0.337 e. The van der Waals surface area contributed by atoms with Crippen LogP contribution in [0.15, 0.2) is 93.5 Å². The molecule has 1 aromatic heterocycles. The van der Waals surface area contributed by atoms with Crippen molar-refractivity contribution in [3.05, 3.63) is 124 Å². The first-order valence-corrected chi connectivity index (χ1v) is 14.6. The van der Waals surface area contributed by atoms with E-state index in [-0.39, 0.29) is 35.4 Å². The van der Waals surface area contributed by atoms with Gasteiger partial charge in [-0.15, -0.1) is 11.3 Å². The molecule has 4 aromatic rings. The third kappa shape index (κ3) is 4.61. The van der Waals surface area contributed by atoms with Gasteiger partial charge in [-0.3, -0.25) is 9.36 Å². The highest BCUT2D eigenvalue weighted by Gasteiger charge is 2.43. The third-order valence-electron chi connectivity index (χ3n) is 6.25. The molecule has 0 saturated heterocycles. The van der Waals surface area contributed by atoms with Crippen LogP contribution in [-0.4, -0.2) is 26.1 Å². The van der Waals surface area contributed by atoms with E-state index in [2.05, 4.69) is 0 Å². The van der Waals surface area contributed by atoms with Gasteiger partial charge in [0.2, 0.25) is 9.84 Å². The quantitative estimate of drug-likeness (QED) is 0.351. The molecule has 2 N–H and O–H groups in total. The smallest absolute Gasteiger partial charge is 0.337 e. The van der Waals surface area contributed by atoms with Gasteiger partial charge in [0.05, 0.1) is 28.0 Å². The minimum absolute atomic E-state index is 0.0567. The maximum atomic E-state index is 14.1. The number of thiazole rings is 1. The van der Waals surface area contributed by atoms with Crippen molar-refractivity contribution in [3.8, 4) is 0 Å². The Bertz CT molecular complexity index is 1950. The molecule has 0 spiro atoms. The van der Waals surface area contributed by atoms with Gasteiger partial charge >= 0.3 is 5.97 Å². The Morgan fingerprint density at radius 1 is 0.974 bits per heavy atom. The predicted octanol–water partition coefficient (Wildman–Crippen LogP) is 3.73. The van der Waals surface area contributed by atoms with Gasteiger partial charge < -0.3 is 10.5 Å². The number of ether oxygens (including phenoxy) is 1. The number of benzene rings is 3. The van der Waals surface area contributed by atoms with Crippen molar-refractivity contribution >= 4 is 67.8 Å². The molecule has 39 heavy (non-hydrogen) atoms. The summed E-state index contributed by atoms with van der Waals surface area (Å²) in [6.07, 6.45) is 1.57. The molecular weight excluding hydrogens is 579 g/mol. The molecule has 3 aromatic carbocycles. The number of hydrogen-bond acceptors (Lipinski definition) is 7. The van der Waals surface area contributed by atoms with Gasteiger partial charge in [-0.1, -0.05) is 77.8 Å². The van der Waals surface area contributed by atoms with Crippen LogP contribution in [0.2, 0.25) is 10.0 Å². The molecule has 1 aliphatic rings. The van der Waals surface area contributed by atoms with E-state index < -0.39 is 27.3 Å². The average Bonchev–Trinajstić information content (AvgIpc) is 3.25. The number of fused-ring (bicyclic) bond motifs is 1. The lowest BCUT2D eigenvalue weighted by atomic mass is 9.89. The van der Waals surface area contributed by atoms with Gasteiger partial charge in [-0.25, -0.2) is 13.2 Å². The van der Waals surface area contributed by atoms with Crippen LogP contribution in [0.5, 0.6) is 0 Å². The van der Waals surface area contributed by atoms with Crippen LogP contribution >= 0.6 is 34.5 Å². The zero-order valence-electron chi connectivity index (χ0n) is 20.3. The molecule has 1 aliphatic heterocycles. The van der Waals surface area contributed by atoms with E-state index in [4.69, 9.17) is 33.7 Å². The number of carbonyl (C=O) groups excluding carboxylic acids is 1. The molecule has 5 rings (SSSR count). The van der Waals surface area contributed by atoms with Crippen LogP contribution in [0.25, 0.3) is 17.5 Å². The summed E-state index contributed by atoms with van der Waals surface area (Å²) in [5.74, 6) is -2.40. The van der Waals surface area contributed by atoms with Crippen LogP contribution in [-0.2, 0) is 19.4 Å². The van der Waals surface area contributed by atoms with E-state index in [1.807, 2.05) is 0 Å². The van der Waals surface area contributed by atoms with E-state index in [1.165, 1.54) is 19.2 Å². The molecule has 11 heteroatoms. The normalized spacial score (nSPS) is 15.8. The number of sulfone groups is 1. The molecule has 0 bridgehead atoms. The minimum atomic E-state index is -4.33. The van der Waals surface area contributed by atoms with Crippen LogP contribution in [0.1, 0.15) is 17.0 Å². The van der Waals surface area contributed by atoms with E-state index in [9.17, 15) is 18.0 Å². The number of halogens is 2. The summed E-state index contributed by atoms with van der Waals surface area (Å²) in [4.78, 5) is 26.7. The first-order chi connectivity index (χ1) is 18.7. The second kappa shape index (κ2) is 10.5. The van der Waals surface area contributed by atoms with Gasteiger partial charge in [0.15, 0.2) is 0 Å². The van der Waals surface area contributed by atoms with Crippen molar-refractivity contribution in [1.82, 2.24) is 4.57 Å². The van der Waals surface area contributed by atoms with Crippen molar-refractivity contribution in [2.45, 2.75) is 10.8 Å². The Hall–Kier alpha value is -3.63. The highest BCUT2D eigenvalue weighted by Crippen LogP contribution is 2.44. The summed E-state index contributed by atoms with van der Waals surface area (Å²) in [5.41, 5.74) is 6.76. The minimum Gasteiger partial charge on any atom is -0.466 e. The SMILES string of the molecule is COC(=O)C1=c2sc(=Cc3ccccc3Cl)c(=O)n2C(N)=C(S(=O)(=O)c2ccccc2)C1c1ccccc1Cl. The lowest BCUT2D eigenvalue weighted by molar-refractivity contribution is -0.134. The number of hydrogen-bond donors (Lipinski definition) is 1. The standard InChI is InChI=1S/C28H20Cl2N2O5S2/c1-37-28(34)23-22(18-12-6-8-14-20(18)30)24(39(35,36)17-10-3-2-4-11-17)25(31)32-26(33)21(38-27(23)32)15-16-9-5-7-13-19(16)29/h2-15,22H,31H2,1H3. The molecule has 2 heterocycles. The lowest BCUT2D eigenvalue weighted by Gasteiger charge is -2.28. The number of carbonyl (C=O) groups is 1. The summed E-state index contributed by atoms with van der Waals surface area (Å²) in [6, 6.07) is 21.1. The summed E-state index contributed by atoms with van der Waals surface area (Å²) < 4.78 is 34.7. The summed E-state index contributed by atoms with van der Waals surface area (Å²) >= 11 is 13.9. The lowest BCUT2D eigenvalue weighted by Crippen LogP contribution is -2.41. The first kappa shape index (κ1) is 27.0. The Kier molecular flexibility index (Phi) is 7.26. The number of nitrogens with zero attached hydrogens (tertiary/aromatic N) is 1. The molecule has 0 radical (unpaired) electrons. The Labute approximate surface area is 237 Å².